The summed E-state index contributed by atoms with van der Waals surface area (Å²) in [6.45, 7) is 0. The van der Waals surface area contributed by atoms with Gasteiger partial charge in [-0.1, -0.05) is 11.6 Å². The predicted molar refractivity (Wildman–Crippen MR) is 38.5 cm³/mol. The second kappa shape index (κ2) is 2.88. The van der Waals surface area contributed by atoms with Crippen molar-refractivity contribution >= 4 is 17.9 Å². The van der Waals surface area contributed by atoms with Gasteiger partial charge in [-0.2, -0.15) is 0 Å². The molecular formula is C7H4ClFO2. The molecule has 2 nitrogen and oxygen atoms in total. The lowest BCUT2D eigenvalue weighted by Gasteiger charge is -1.97. The number of carbonyl (C=O) groups is 1. The van der Waals surface area contributed by atoms with Gasteiger partial charge < -0.3 is 5.11 Å². The number of rotatable bonds is 1. The van der Waals surface area contributed by atoms with Gasteiger partial charge in [0.25, 0.3) is 0 Å². The molecule has 0 amide bonds. The van der Waals surface area contributed by atoms with Crippen molar-refractivity contribution in [2.45, 2.75) is 0 Å². The molecule has 0 atom stereocenters. The summed E-state index contributed by atoms with van der Waals surface area (Å²) in [6, 6.07) is 1.87. The zero-order valence-corrected chi connectivity index (χ0v) is 6.10. The highest BCUT2D eigenvalue weighted by Crippen LogP contribution is 2.23. The largest absolute Gasteiger partial charge is 0.505 e. The lowest BCUT2D eigenvalue weighted by Crippen LogP contribution is -1.84. The van der Waals surface area contributed by atoms with E-state index in [4.69, 9.17) is 16.7 Å². The zero-order valence-electron chi connectivity index (χ0n) is 5.34. The van der Waals surface area contributed by atoms with Crippen LogP contribution < -0.4 is 0 Å². The topological polar surface area (TPSA) is 37.3 Å². The molecule has 0 bridgehead atoms. The predicted octanol–water partition coefficient (Wildman–Crippen LogP) is 2.00. The molecule has 0 spiro atoms. The Bertz CT molecular complexity index is 299. The summed E-state index contributed by atoms with van der Waals surface area (Å²) in [5.41, 5.74) is 0.0746. The lowest BCUT2D eigenvalue weighted by molar-refractivity contribution is 0.112. The molecule has 0 saturated heterocycles. The van der Waals surface area contributed by atoms with E-state index < -0.39 is 11.6 Å². The van der Waals surface area contributed by atoms with Crippen LogP contribution in [0.1, 0.15) is 10.4 Å². The fourth-order valence-electron chi connectivity index (χ4n) is 0.644. The Morgan fingerprint density at radius 1 is 1.55 bits per heavy atom. The van der Waals surface area contributed by atoms with Crippen molar-refractivity contribution in [3.63, 3.8) is 0 Å². The van der Waals surface area contributed by atoms with Gasteiger partial charge in [0, 0.05) is 5.56 Å². The van der Waals surface area contributed by atoms with Gasteiger partial charge in [0.2, 0.25) is 0 Å². The molecule has 0 unspecified atom stereocenters. The van der Waals surface area contributed by atoms with Crippen LogP contribution in [0.5, 0.6) is 5.75 Å². The number of aldehydes is 1. The van der Waals surface area contributed by atoms with Crippen LogP contribution in [0.2, 0.25) is 5.02 Å². The molecule has 0 aromatic heterocycles. The van der Waals surface area contributed by atoms with Gasteiger partial charge >= 0.3 is 0 Å². The van der Waals surface area contributed by atoms with Crippen LogP contribution in [0, 0.1) is 5.82 Å². The number of aromatic hydroxyl groups is 1. The van der Waals surface area contributed by atoms with E-state index in [1.807, 2.05) is 0 Å². The average molecular weight is 175 g/mol. The van der Waals surface area contributed by atoms with Crippen LogP contribution >= 0.6 is 11.6 Å². The third-order valence-corrected chi connectivity index (χ3v) is 1.52. The van der Waals surface area contributed by atoms with Gasteiger partial charge in [-0.25, -0.2) is 4.39 Å². The van der Waals surface area contributed by atoms with E-state index in [0.29, 0.717) is 6.29 Å². The second-order valence-corrected chi connectivity index (χ2v) is 2.35. The highest BCUT2D eigenvalue weighted by atomic mass is 35.5. The summed E-state index contributed by atoms with van der Waals surface area (Å²) in [5, 5.41) is 8.76. The Hall–Kier alpha value is -1.09. The first-order valence-electron chi connectivity index (χ1n) is 2.78. The Balaban J connectivity index is 3.31. The second-order valence-electron chi connectivity index (χ2n) is 1.94. The molecule has 11 heavy (non-hydrogen) atoms. The summed E-state index contributed by atoms with van der Waals surface area (Å²) in [7, 11) is 0. The van der Waals surface area contributed by atoms with Crippen molar-refractivity contribution < 1.29 is 14.3 Å². The third-order valence-electron chi connectivity index (χ3n) is 1.19. The number of phenolic OH excluding ortho intramolecular Hbond substituents is 1. The van der Waals surface area contributed by atoms with Gasteiger partial charge in [-0.3, -0.25) is 4.79 Å². The molecule has 0 aliphatic carbocycles. The third kappa shape index (κ3) is 1.49. The number of halogens is 2. The van der Waals surface area contributed by atoms with Gasteiger partial charge in [0.1, 0.15) is 0 Å². The molecule has 0 heterocycles. The molecule has 1 aromatic carbocycles. The van der Waals surface area contributed by atoms with E-state index in [0.717, 1.165) is 12.1 Å². The summed E-state index contributed by atoms with van der Waals surface area (Å²) in [4.78, 5) is 10.2. The number of hydrogen-bond donors (Lipinski definition) is 1. The van der Waals surface area contributed by atoms with E-state index >= 15 is 0 Å². The molecule has 0 aliphatic heterocycles. The first-order chi connectivity index (χ1) is 5.15. The van der Waals surface area contributed by atoms with E-state index in [9.17, 15) is 9.18 Å². The fourth-order valence-corrected chi connectivity index (χ4v) is 0.839. The van der Waals surface area contributed by atoms with Crippen LogP contribution in [-0.2, 0) is 0 Å². The molecule has 58 valence electrons. The van der Waals surface area contributed by atoms with E-state index in [-0.39, 0.29) is 10.6 Å². The van der Waals surface area contributed by atoms with Crippen LogP contribution in [0.4, 0.5) is 4.39 Å². The maximum absolute atomic E-state index is 12.4. The molecule has 1 aromatic rings. The van der Waals surface area contributed by atoms with E-state index in [1.54, 1.807) is 0 Å². The van der Waals surface area contributed by atoms with Crippen molar-refractivity contribution in [2.75, 3.05) is 0 Å². The van der Waals surface area contributed by atoms with Crippen LogP contribution in [0.25, 0.3) is 0 Å². The van der Waals surface area contributed by atoms with E-state index in [2.05, 4.69) is 0 Å². The first-order valence-corrected chi connectivity index (χ1v) is 3.16. The number of hydrogen-bond acceptors (Lipinski definition) is 2. The molecule has 4 heteroatoms. The Kier molecular flexibility index (Phi) is 2.10. The van der Waals surface area contributed by atoms with Crippen LogP contribution in [0.3, 0.4) is 0 Å². The highest BCUT2D eigenvalue weighted by Gasteiger charge is 2.05. The van der Waals surface area contributed by atoms with Crippen molar-refractivity contribution in [1.29, 1.82) is 0 Å². The Morgan fingerprint density at radius 3 is 2.73 bits per heavy atom. The SMILES string of the molecule is O=Cc1cc(O)c(F)cc1Cl. The molecular weight excluding hydrogens is 171 g/mol. The number of benzene rings is 1. The van der Waals surface area contributed by atoms with Crippen molar-refractivity contribution in [3.05, 3.63) is 28.5 Å². The number of phenols is 1. The minimum absolute atomic E-state index is 0.00435. The quantitative estimate of drug-likeness (QED) is 0.662. The Labute approximate surface area is 67.2 Å². The molecule has 0 fully saturated rings. The zero-order chi connectivity index (χ0) is 8.43. The molecule has 1 N–H and O–H groups in total. The van der Waals surface area contributed by atoms with Crippen molar-refractivity contribution in [2.24, 2.45) is 0 Å². The minimum atomic E-state index is -0.833. The van der Waals surface area contributed by atoms with Crippen molar-refractivity contribution in [3.8, 4) is 5.75 Å². The molecule has 0 radical (unpaired) electrons. The lowest BCUT2D eigenvalue weighted by atomic mass is 10.2. The number of carbonyl (C=O) groups excluding carboxylic acids is 1. The maximum Gasteiger partial charge on any atom is 0.166 e. The summed E-state index contributed by atoms with van der Waals surface area (Å²) in [6.07, 6.45) is 0.446. The average Bonchev–Trinajstić information content (AvgIpc) is 1.97. The summed E-state index contributed by atoms with van der Waals surface area (Å²) in [5.74, 6) is -1.41. The van der Waals surface area contributed by atoms with Crippen molar-refractivity contribution in [1.82, 2.24) is 0 Å². The van der Waals surface area contributed by atoms with Gasteiger partial charge in [0.15, 0.2) is 17.9 Å². The highest BCUT2D eigenvalue weighted by molar-refractivity contribution is 6.33. The van der Waals surface area contributed by atoms with Gasteiger partial charge in [0.05, 0.1) is 5.02 Å². The van der Waals surface area contributed by atoms with E-state index in [1.165, 1.54) is 0 Å². The summed E-state index contributed by atoms with van der Waals surface area (Å²) >= 11 is 5.42. The summed E-state index contributed by atoms with van der Waals surface area (Å²) < 4.78 is 12.4. The first kappa shape index (κ1) is 8.01. The smallest absolute Gasteiger partial charge is 0.166 e. The fraction of sp³-hybridized carbons (Fsp3) is 0. The Morgan fingerprint density at radius 2 is 2.18 bits per heavy atom. The molecule has 0 saturated carbocycles. The molecule has 1 rings (SSSR count). The van der Waals surface area contributed by atoms with Crippen LogP contribution in [-0.4, -0.2) is 11.4 Å². The monoisotopic (exact) mass is 174 g/mol. The minimum Gasteiger partial charge on any atom is -0.505 e. The van der Waals surface area contributed by atoms with Crippen LogP contribution in [0.15, 0.2) is 12.1 Å². The standard InChI is InChI=1S/C7H4ClFO2/c8-5-2-6(9)7(11)1-4(5)3-10/h1-3,11H. The normalized spacial score (nSPS) is 9.64. The van der Waals surface area contributed by atoms with Gasteiger partial charge in [-0.15, -0.1) is 0 Å². The van der Waals surface area contributed by atoms with Gasteiger partial charge in [-0.05, 0) is 12.1 Å². The molecule has 0 aliphatic rings. The maximum atomic E-state index is 12.4.